The third-order valence-corrected chi connectivity index (χ3v) is 4.77. The molecule has 0 amide bonds. The zero-order valence-corrected chi connectivity index (χ0v) is 14.1. The summed E-state index contributed by atoms with van der Waals surface area (Å²) in [5, 5.41) is 3.41. The first-order valence-corrected chi connectivity index (χ1v) is 7.82. The number of rotatable bonds is 4. The number of methoxy groups -OCH3 is 1. The minimum atomic E-state index is 0.821. The third kappa shape index (κ3) is 3.28. The van der Waals surface area contributed by atoms with Crippen LogP contribution in [0, 0.1) is 6.92 Å². The Labute approximate surface area is 128 Å². The molecule has 0 aliphatic heterocycles. The molecule has 5 heteroatoms. The number of benzene rings is 1. The number of aryl methyl sites for hydroxylation is 1. The van der Waals surface area contributed by atoms with Crippen molar-refractivity contribution in [1.82, 2.24) is 0 Å². The van der Waals surface area contributed by atoms with Crippen molar-refractivity contribution in [3.05, 3.63) is 43.0 Å². The predicted octanol–water partition coefficient (Wildman–Crippen LogP) is 5.20. The van der Waals surface area contributed by atoms with Crippen molar-refractivity contribution in [3.63, 3.8) is 0 Å². The van der Waals surface area contributed by atoms with Crippen LogP contribution in [-0.2, 0) is 6.54 Å². The lowest BCUT2D eigenvalue weighted by atomic mass is 10.3. The summed E-state index contributed by atoms with van der Waals surface area (Å²) in [6.45, 7) is 2.94. The summed E-state index contributed by atoms with van der Waals surface area (Å²) in [5.41, 5.74) is 1.03. The standard InChI is InChI=1S/C13H13Br2NOS/c1-8-3-4-9(18-8)7-16-12-6-13(17-2)11(15)5-10(12)14/h3-6,16H,7H2,1-2H3. The third-order valence-electron chi connectivity index (χ3n) is 2.49. The number of nitrogens with one attached hydrogen (secondary N) is 1. The van der Waals surface area contributed by atoms with Gasteiger partial charge in [-0.25, -0.2) is 0 Å². The van der Waals surface area contributed by atoms with Gasteiger partial charge >= 0.3 is 0 Å². The summed E-state index contributed by atoms with van der Waals surface area (Å²) in [5.74, 6) is 0.822. The summed E-state index contributed by atoms with van der Waals surface area (Å²) in [6, 6.07) is 8.26. The van der Waals surface area contributed by atoms with Crippen LogP contribution >= 0.6 is 43.2 Å². The van der Waals surface area contributed by atoms with Crippen molar-refractivity contribution in [1.29, 1.82) is 0 Å². The SMILES string of the molecule is COc1cc(NCc2ccc(C)s2)c(Br)cc1Br. The number of thiophene rings is 1. The zero-order valence-electron chi connectivity index (χ0n) is 10.1. The highest BCUT2D eigenvalue weighted by atomic mass is 79.9. The molecule has 0 spiro atoms. The van der Waals surface area contributed by atoms with Crippen LogP contribution < -0.4 is 10.1 Å². The van der Waals surface area contributed by atoms with Gasteiger partial charge in [0.25, 0.3) is 0 Å². The number of anilines is 1. The maximum absolute atomic E-state index is 5.29. The van der Waals surface area contributed by atoms with Gasteiger partial charge in [0.1, 0.15) is 5.75 Å². The fourth-order valence-electron chi connectivity index (χ4n) is 1.58. The van der Waals surface area contributed by atoms with Crippen LogP contribution in [0.3, 0.4) is 0 Å². The zero-order chi connectivity index (χ0) is 13.1. The van der Waals surface area contributed by atoms with Crippen molar-refractivity contribution in [2.24, 2.45) is 0 Å². The summed E-state index contributed by atoms with van der Waals surface area (Å²) < 4.78 is 7.25. The van der Waals surface area contributed by atoms with E-state index in [9.17, 15) is 0 Å². The Kier molecular flexibility index (Phi) is 4.70. The molecule has 1 aromatic carbocycles. The van der Waals surface area contributed by atoms with E-state index in [1.807, 2.05) is 23.5 Å². The fourth-order valence-corrected chi connectivity index (χ4v) is 3.71. The first-order chi connectivity index (χ1) is 8.60. The van der Waals surface area contributed by atoms with E-state index in [0.717, 1.165) is 26.9 Å². The molecule has 0 radical (unpaired) electrons. The second-order valence-electron chi connectivity index (χ2n) is 3.83. The molecule has 0 aliphatic rings. The molecule has 0 atom stereocenters. The van der Waals surface area contributed by atoms with Gasteiger partial charge in [-0.1, -0.05) is 0 Å². The molecule has 0 unspecified atom stereocenters. The lowest BCUT2D eigenvalue weighted by Gasteiger charge is -2.11. The topological polar surface area (TPSA) is 21.3 Å². The molecule has 2 rings (SSSR count). The largest absolute Gasteiger partial charge is 0.495 e. The fraction of sp³-hybridized carbons (Fsp3) is 0.231. The average molecular weight is 391 g/mol. The van der Waals surface area contributed by atoms with Crippen LogP contribution in [0.2, 0.25) is 0 Å². The van der Waals surface area contributed by atoms with Crippen LogP contribution in [-0.4, -0.2) is 7.11 Å². The molecule has 2 aromatic rings. The van der Waals surface area contributed by atoms with Gasteiger partial charge < -0.3 is 10.1 Å². The molecule has 0 bridgehead atoms. The highest BCUT2D eigenvalue weighted by molar-refractivity contribution is 9.11. The maximum atomic E-state index is 5.29. The molecule has 18 heavy (non-hydrogen) atoms. The van der Waals surface area contributed by atoms with Crippen molar-refractivity contribution < 1.29 is 4.74 Å². The lowest BCUT2D eigenvalue weighted by Crippen LogP contribution is -1.99. The number of ether oxygens (including phenoxy) is 1. The Morgan fingerprint density at radius 1 is 1.22 bits per heavy atom. The van der Waals surface area contributed by atoms with E-state index >= 15 is 0 Å². The van der Waals surface area contributed by atoms with Crippen LogP contribution in [0.15, 0.2) is 33.2 Å². The molecule has 2 nitrogen and oxygen atoms in total. The molecule has 1 heterocycles. The minimum absolute atomic E-state index is 0.821. The molecule has 1 N–H and O–H groups in total. The predicted molar refractivity (Wildman–Crippen MR) is 84.8 cm³/mol. The van der Waals surface area contributed by atoms with Crippen molar-refractivity contribution >= 4 is 48.9 Å². The molecular formula is C13H13Br2NOS. The molecular weight excluding hydrogens is 378 g/mol. The minimum Gasteiger partial charge on any atom is -0.495 e. The second kappa shape index (κ2) is 6.08. The molecule has 0 aliphatic carbocycles. The van der Waals surface area contributed by atoms with Gasteiger partial charge in [-0.3, -0.25) is 0 Å². The molecule has 1 aromatic heterocycles. The van der Waals surface area contributed by atoms with E-state index in [-0.39, 0.29) is 0 Å². The lowest BCUT2D eigenvalue weighted by molar-refractivity contribution is 0.412. The normalized spacial score (nSPS) is 10.4. The van der Waals surface area contributed by atoms with Gasteiger partial charge in [0.05, 0.1) is 17.3 Å². The molecule has 0 saturated heterocycles. The first-order valence-electron chi connectivity index (χ1n) is 5.42. The summed E-state index contributed by atoms with van der Waals surface area (Å²) in [6.07, 6.45) is 0. The van der Waals surface area contributed by atoms with Crippen molar-refractivity contribution in [2.75, 3.05) is 12.4 Å². The summed E-state index contributed by atoms with van der Waals surface area (Å²) in [7, 11) is 1.67. The molecule has 96 valence electrons. The van der Waals surface area contributed by atoms with Crippen LogP contribution in [0.4, 0.5) is 5.69 Å². The van der Waals surface area contributed by atoms with Gasteiger partial charge in [-0.15, -0.1) is 11.3 Å². The number of halogens is 2. The van der Waals surface area contributed by atoms with Crippen LogP contribution in [0.25, 0.3) is 0 Å². The van der Waals surface area contributed by atoms with Gasteiger partial charge in [0.15, 0.2) is 0 Å². The molecule has 0 saturated carbocycles. The summed E-state index contributed by atoms with van der Waals surface area (Å²) in [4.78, 5) is 2.65. The van der Waals surface area contributed by atoms with E-state index in [0.29, 0.717) is 0 Å². The molecule has 0 fully saturated rings. The smallest absolute Gasteiger partial charge is 0.135 e. The second-order valence-corrected chi connectivity index (χ2v) is 6.91. The number of hydrogen-bond donors (Lipinski definition) is 1. The van der Waals surface area contributed by atoms with E-state index in [2.05, 4.69) is 56.2 Å². The van der Waals surface area contributed by atoms with E-state index in [1.165, 1.54) is 9.75 Å². The van der Waals surface area contributed by atoms with Gasteiger partial charge in [-0.05, 0) is 57.0 Å². The Morgan fingerprint density at radius 3 is 2.61 bits per heavy atom. The van der Waals surface area contributed by atoms with Crippen molar-refractivity contribution in [2.45, 2.75) is 13.5 Å². The average Bonchev–Trinajstić information content (AvgIpc) is 2.74. The highest BCUT2D eigenvalue weighted by Gasteiger charge is 2.07. The van der Waals surface area contributed by atoms with Gasteiger partial charge in [-0.2, -0.15) is 0 Å². The van der Waals surface area contributed by atoms with Gasteiger partial charge in [0.2, 0.25) is 0 Å². The van der Waals surface area contributed by atoms with E-state index in [1.54, 1.807) is 7.11 Å². The Bertz CT molecular complexity index is 554. The van der Waals surface area contributed by atoms with Crippen LogP contribution in [0.5, 0.6) is 5.75 Å². The number of hydrogen-bond acceptors (Lipinski definition) is 3. The van der Waals surface area contributed by atoms with Gasteiger partial charge in [0, 0.05) is 26.8 Å². The monoisotopic (exact) mass is 389 g/mol. The Balaban J connectivity index is 2.13. The summed E-state index contributed by atoms with van der Waals surface area (Å²) >= 11 is 8.81. The van der Waals surface area contributed by atoms with Crippen molar-refractivity contribution in [3.8, 4) is 5.75 Å². The van der Waals surface area contributed by atoms with E-state index < -0.39 is 0 Å². The first kappa shape index (κ1) is 13.9. The highest BCUT2D eigenvalue weighted by Crippen LogP contribution is 2.34. The Morgan fingerprint density at radius 2 is 2.00 bits per heavy atom. The Hall–Kier alpha value is -0.520. The van der Waals surface area contributed by atoms with Crippen LogP contribution in [0.1, 0.15) is 9.75 Å². The maximum Gasteiger partial charge on any atom is 0.135 e. The quantitative estimate of drug-likeness (QED) is 0.774. The van der Waals surface area contributed by atoms with E-state index in [4.69, 9.17) is 4.74 Å².